The quantitative estimate of drug-likeness (QED) is 0.822. The van der Waals surface area contributed by atoms with Gasteiger partial charge in [0.1, 0.15) is 0 Å². The van der Waals surface area contributed by atoms with Crippen LogP contribution in [0.4, 0.5) is 0 Å². The Labute approximate surface area is 118 Å². The second-order valence-corrected chi connectivity index (χ2v) is 5.39. The number of ketones is 1. The highest BCUT2D eigenvalue weighted by molar-refractivity contribution is 5.98. The first-order valence-electron chi connectivity index (χ1n) is 7.02. The van der Waals surface area contributed by atoms with Gasteiger partial charge in [0.2, 0.25) is 6.79 Å². The van der Waals surface area contributed by atoms with Gasteiger partial charge in [-0.25, -0.2) is 0 Å². The zero-order chi connectivity index (χ0) is 13.9. The van der Waals surface area contributed by atoms with E-state index in [1.165, 1.54) is 0 Å². The van der Waals surface area contributed by atoms with E-state index in [9.17, 15) is 4.79 Å². The maximum atomic E-state index is 12.3. The lowest BCUT2D eigenvalue weighted by atomic mass is 10.1. The Hall–Kier alpha value is -1.59. The average molecular weight is 277 g/mol. The first-order chi connectivity index (χ1) is 9.76. The van der Waals surface area contributed by atoms with E-state index in [0.717, 1.165) is 25.9 Å². The minimum atomic E-state index is 0.105. The summed E-state index contributed by atoms with van der Waals surface area (Å²) in [6.07, 6.45) is 1.89. The largest absolute Gasteiger partial charge is 0.454 e. The van der Waals surface area contributed by atoms with Crippen molar-refractivity contribution < 1.29 is 19.4 Å². The summed E-state index contributed by atoms with van der Waals surface area (Å²) in [5, 5.41) is 8.95. The Morgan fingerprint density at radius 2 is 2.20 bits per heavy atom. The van der Waals surface area contributed by atoms with Crippen molar-refractivity contribution in [1.29, 1.82) is 0 Å². The van der Waals surface area contributed by atoms with Crippen LogP contribution in [0, 0.1) is 5.92 Å². The normalized spacial score (nSPS) is 21.4. The molecule has 2 aliphatic rings. The van der Waals surface area contributed by atoms with Crippen molar-refractivity contribution >= 4 is 5.78 Å². The number of aliphatic hydroxyl groups excluding tert-OH is 1. The molecule has 3 rings (SSSR count). The van der Waals surface area contributed by atoms with E-state index in [4.69, 9.17) is 14.6 Å². The van der Waals surface area contributed by atoms with Gasteiger partial charge in [0.25, 0.3) is 0 Å². The molecule has 1 atom stereocenters. The molecular formula is C15H19NO4. The van der Waals surface area contributed by atoms with Gasteiger partial charge in [-0.05, 0) is 43.5 Å². The topological polar surface area (TPSA) is 59.0 Å². The molecule has 1 saturated heterocycles. The lowest BCUT2D eigenvalue weighted by molar-refractivity contribution is 0.0942. The van der Waals surface area contributed by atoms with E-state index >= 15 is 0 Å². The highest BCUT2D eigenvalue weighted by atomic mass is 16.7. The summed E-state index contributed by atoms with van der Waals surface area (Å²) in [5.74, 6) is 1.97. The van der Waals surface area contributed by atoms with Gasteiger partial charge in [0, 0.05) is 18.7 Å². The zero-order valence-electron chi connectivity index (χ0n) is 11.4. The summed E-state index contributed by atoms with van der Waals surface area (Å²) in [6, 6.07) is 5.33. The Morgan fingerprint density at radius 3 is 3.05 bits per heavy atom. The molecule has 5 heteroatoms. The number of ether oxygens (including phenoxy) is 2. The monoisotopic (exact) mass is 277 g/mol. The number of carbonyl (C=O) groups excluding carboxylic acids is 1. The van der Waals surface area contributed by atoms with E-state index < -0.39 is 0 Å². The first kappa shape index (κ1) is 13.4. The lowest BCUT2D eigenvalue weighted by Gasteiger charge is -2.15. The number of carbonyl (C=O) groups is 1. The Kier molecular flexibility index (Phi) is 3.89. The van der Waals surface area contributed by atoms with Crippen molar-refractivity contribution in [2.75, 3.05) is 33.0 Å². The number of likely N-dealkylation sites (tertiary alicyclic amines) is 1. The molecule has 1 aromatic carbocycles. The van der Waals surface area contributed by atoms with E-state index in [2.05, 4.69) is 4.90 Å². The molecule has 108 valence electrons. The van der Waals surface area contributed by atoms with E-state index in [1.54, 1.807) is 18.2 Å². The molecule has 1 unspecified atom stereocenters. The lowest BCUT2D eigenvalue weighted by Crippen LogP contribution is -2.28. The van der Waals surface area contributed by atoms with Gasteiger partial charge < -0.3 is 14.6 Å². The summed E-state index contributed by atoms with van der Waals surface area (Å²) < 4.78 is 10.5. The molecule has 1 fully saturated rings. The number of aliphatic hydroxyl groups is 1. The highest BCUT2D eigenvalue weighted by Crippen LogP contribution is 2.32. The Morgan fingerprint density at radius 1 is 1.35 bits per heavy atom. The molecule has 0 spiro atoms. The summed E-state index contributed by atoms with van der Waals surface area (Å²) in [5.41, 5.74) is 0.667. The van der Waals surface area contributed by atoms with Crippen LogP contribution in [0.5, 0.6) is 11.5 Å². The second-order valence-electron chi connectivity index (χ2n) is 5.39. The molecule has 0 amide bonds. The third-order valence-corrected chi connectivity index (χ3v) is 3.97. The van der Waals surface area contributed by atoms with Crippen LogP contribution < -0.4 is 9.47 Å². The summed E-state index contributed by atoms with van der Waals surface area (Å²) in [7, 11) is 0. The van der Waals surface area contributed by atoms with E-state index in [1.807, 2.05) is 0 Å². The molecular weight excluding hydrogens is 258 g/mol. The van der Waals surface area contributed by atoms with Crippen molar-refractivity contribution in [3.05, 3.63) is 23.8 Å². The van der Waals surface area contributed by atoms with Gasteiger partial charge in [-0.3, -0.25) is 9.69 Å². The first-order valence-corrected chi connectivity index (χ1v) is 7.02. The number of nitrogens with zero attached hydrogens (tertiary/aromatic N) is 1. The molecule has 2 heterocycles. The fourth-order valence-corrected chi connectivity index (χ4v) is 2.84. The molecule has 0 aliphatic carbocycles. The highest BCUT2D eigenvalue weighted by Gasteiger charge is 2.24. The molecule has 1 aromatic rings. The minimum Gasteiger partial charge on any atom is -0.454 e. The third kappa shape index (κ3) is 2.78. The number of Topliss-reactive ketones (excluding diaryl/α,β-unsaturated/α-hetero) is 1. The summed E-state index contributed by atoms with van der Waals surface area (Å²) in [4.78, 5) is 14.4. The van der Waals surface area contributed by atoms with Gasteiger partial charge in [-0.15, -0.1) is 0 Å². The van der Waals surface area contributed by atoms with Crippen LogP contribution >= 0.6 is 0 Å². The van der Waals surface area contributed by atoms with Crippen molar-refractivity contribution in [3.8, 4) is 11.5 Å². The Balaban J connectivity index is 1.60. The standard InChI is InChI=1S/C15H19NO4/c17-6-4-11-3-5-16(8-11)9-13(18)12-1-2-14-15(7-12)20-10-19-14/h1-2,7,11,17H,3-6,8-10H2. The molecule has 0 saturated carbocycles. The summed E-state index contributed by atoms with van der Waals surface area (Å²) in [6.45, 7) is 2.72. The molecule has 1 N–H and O–H groups in total. The van der Waals surface area contributed by atoms with Crippen molar-refractivity contribution in [2.24, 2.45) is 5.92 Å². The molecule has 20 heavy (non-hydrogen) atoms. The zero-order valence-corrected chi connectivity index (χ0v) is 11.4. The van der Waals surface area contributed by atoms with Crippen LogP contribution in [0.25, 0.3) is 0 Å². The number of fused-ring (bicyclic) bond motifs is 1. The summed E-state index contributed by atoms with van der Waals surface area (Å²) >= 11 is 0. The second kappa shape index (κ2) is 5.81. The van der Waals surface area contributed by atoms with Gasteiger partial charge in [-0.1, -0.05) is 0 Å². The van der Waals surface area contributed by atoms with Gasteiger partial charge in [0.15, 0.2) is 17.3 Å². The van der Waals surface area contributed by atoms with Crippen molar-refractivity contribution in [2.45, 2.75) is 12.8 Å². The SMILES string of the molecule is O=C(CN1CCC(CCO)C1)c1ccc2c(c1)OCO2. The fraction of sp³-hybridized carbons (Fsp3) is 0.533. The average Bonchev–Trinajstić information content (AvgIpc) is 3.07. The fourth-order valence-electron chi connectivity index (χ4n) is 2.84. The minimum absolute atomic E-state index is 0.105. The Bertz CT molecular complexity index is 503. The van der Waals surface area contributed by atoms with Gasteiger partial charge in [0.05, 0.1) is 6.54 Å². The van der Waals surface area contributed by atoms with Crippen molar-refractivity contribution in [3.63, 3.8) is 0 Å². The smallest absolute Gasteiger partial charge is 0.231 e. The van der Waals surface area contributed by atoms with Crippen LogP contribution in [0.15, 0.2) is 18.2 Å². The third-order valence-electron chi connectivity index (χ3n) is 3.97. The maximum Gasteiger partial charge on any atom is 0.231 e. The van der Waals surface area contributed by atoms with Crippen LogP contribution in [-0.2, 0) is 0 Å². The molecule has 2 aliphatic heterocycles. The predicted molar refractivity (Wildman–Crippen MR) is 73.1 cm³/mol. The maximum absolute atomic E-state index is 12.3. The number of benzene rings is 1. The number of hydrogen-bond acceptors (Lipinski definition) is 5. The van der Waals surface area contributed by atoms with E-state index in [0.29, 0.717) is 29.5 Å². The molecule has 0 radical (unpaired) electrons. The van der Waals surface area contributed by atoms with Crippen LogP contribution in [0.1, 0.15) is 23.2 Å². The van der Waals surface area contributed by atoms with E-state index in [-0.39, 0.29) is 19.2 Å². The van der Waals surface area contributed by atoms with Gasteiger partial charge >= 0.3 is 0 Å². The van der Waals surface area contributed by atoms with Crippen LogP contribution in [0.2, 0.25) is 0 Å². The molecule has 0 bridgehead atoms. The predicted octanol–water partition coefficient (Wildman–Crippen LogP) is 1.30. The van der Waals surface area contributed by atoms with Gasteiger partial charge in [-0.2, -0.15) is 0 Å². The number of rotatable bonds is 5. The van der Waals surface area contributed by atoms with Crippen LogP contribution in [-0.4, -0.2) is 48.8 Å². The molecule has 5 nitrogen and oxygen atoms in total. The van der Waals surface area contributed by atoms with Crippen molar-refractivity contribution in [1.82, 2.24) is 4.90 Å². The number of hydrogen-bond donors (Lipinski definition) is 1. The molecule has 0 aromatic heterocycles. The van der Waals surface area contributed by atoms with Crippen LogP contribution in [0.3, 0.4) is 0 Å².